The van der Waals surface area contributed by atoms with E-state index in [-0.39, 0.29) is 18.7 Å². The summed E-state index contributed by atoms with van der Waals surface area (Å²) in [6.07, 6.45) is 2.92. The minimum Gasteiger partial charge on any atom is -0.481 e. The Morgan fingerprint density at radius 1 is 1.29 bits per heavy atom. The molecule has 0 aromatic carbocycles. The van der Waals surface area contributed by atoms with E-state index < -0.39 is 5.97 Å². The van der Waals surface area contributed by atoms with Crippen LogP contribution in [0.15, 0.2) is 24.5 Å². The Balaban J connectivity index is 2.38. The van der Waals surface area contributed by atoms with Crippen LogP contribution in [0.4, 0.5) is 5.69 Å². The lowest BCUT2D eigenvalue weighted by molar-refractivity contribution is -0.138. The number of nitrogens with one attached hydrogen (secondary N) is 1. The van der Waals surface area contributed by atoms with Crippen LogP contribution in [-0.2, 0) is 9.59 Å². The van der Waals surface area contributed by atoms with Crippen LogP contribution in [-0.4, -0.2) is 22.0 Å². The Hall–Kier alpha value is -1.91. The first-order chi connectivity index (χ1) is 6.68. The maximum absolute atomic E-state index is 11.1. The lowest BCUT2D eigenvalue weighted by atomic mass is 10.3. The Bertz CT molecular complexity index is 324. The second kappa shape index (κ2) is 4.96. The molecule has 0 aliphatic carbocycles. The molecule has 0 aliphatic heterocycles. The fraction of sp³-hybridized carbons (Fsp3) is 0.222. The van der Waals surface area contributed by atoms with Crippen LogP contribution in [0.5, 0.6) is 0 Å². The summed E-state index contributed by atoms with van der Waals surface area (Å²) >= 11 is 0. The topological polar surface area (TPSA) is 79.3 Å². The molecule has 1 aromatic heterocycles. The van der Waals surface area contributed by atoms with Gasteiger partial charge in [0.1, 0.15) is 0 Å². The number of hydrogen-bond acceptors (Lipinski definition) is 3. The zero-order valence-electron chi connectivity index (χ0n) is 7.43. The van der Waals surface area contributed by atoms with E-state index in [1.54, 1.807) is 24.5 Å². The number of nitrogens with zero attached hydrogens (tertiary/aromatic N) is 1. The van der Waals surface area contributed by atoms with Crippen LogP contribution in [0.25, 0.3) is 0 Å². The standard InChI is InChI=1S/C9H10N2O3/c12-8(1-2-9(13)14)11-7-3-5-10-6-4-7/h3-6H,1-2H2,(H,13,14)(H,10,11,12). The second-order valence-corrected chi connectivity index (χ2v) is 2.68. The van der Waals surface area contributed by atoms with Gasteiger partial charge in [-0.3, -0.25) is 14.6 Å². The average Bonchev–Trinajstić information content (AvgIpc) is 2.16. The van der Waals surface area contributed by atoms with Gasteiger partial charge in [-0.05, 0) is 12.1 Å². The summed E-state index contributed by atoms with van der Waals surface area (Å²) < 4.78 is 0. The number of carbonyl (C=O) groups excluding carboxylic acids is 1. The van der Waals surface area contributed by atoms with Crippen LogP contribution in [0.1, 0.15) is 12.8 Å². The van der Waals surface area contributed by atoms with Crippen molar-refractivity contribution in [2.24, 2.45) is 0 Å². The molecule has 1 rings (SSSR count). The number of carboxylic acid groups (broad SMARTS) is 1. The second-order valence-electron chi connectivity index (χ2n) is 2.68. The average molecular weight is 194 g/mol. The van der Waals surface area contributed by atoms with Gasteiger partial charge in [0.05, 0.1) is 6.42 Å². The number of anilines is 1. The SMILES string of the molecule is O=C(O)CCC(=O)Nc1ccncc1. The van der Waals surface area contributed by atoms with E-state index in [4.69, 9.17) is 5.11 Å². The Morgan fingerprint density at radius 3 is 2.50 bits per heavy atom. The van der Waals surface area contributed by atoms with Crippen LogP contribution >= 0.6 is 0 Å². The van der Waals surface area contributed by atoms with Crippen LogP contribution in [0, 0.1) is 0 Å². The minimum absolute atomic E-state index is 0.0162. The molecule has 0 fully saturated rings. The van der Waals surface area contributed by atoms with Crippen molar-refractivity contribution in [1.82, 2.24) is 4.98 Å². The van der Waals surface area contributed by atoms with E-state index in [2.05, 4.69) is 10.3 Å². The third-order valence-electron chi connectivity index (χ3n) is 1.53. The van der Waals surface area contributed by atoms with Gasteiger partial charge in [0, 0.05) is 24.5 Å². The maximum Gasteiger partial charge on any atom is 0.303 e. The molecule has 0 saturated carbocycles. The third-order valence-corrected chi connectivity index (χ3v) is 1.53. The van der Waals surface area contributed by atoms with Crippen LogP contribution < -0.4 is 5.32 Å². The number of aliphatic carboxylic acids is 1. The summed E-state index contributed by atoms with van der Waals surface area (Å²) in [5.41, 5.74) is 0.621. The van der Waals surface area contributed by atoms with Crippen molar-refractivity contribution in [3.63, 3.8) is 0 Å². The fourth-order valence-electron chi connectivity index (χ4n) is 0.879. The normalized spacial score (nSPS) is 9.43. The molecule has 14 heavy (non-hydrogen) atoms. The molecule has 0 atom stereocenters. The smallest absolute Gasteiger partial charge is 0.303 e. The van der Waals surface area contributed by atoms with Gasteiger partial charge in [0.15, 0.2) is 0 Å². The molecule has 0 spiro atoms. The van der Waals surface area contributed by atoms with Gasteiger partial charge in [-0.2, -0.15) is 0 Å². The molecule has 0 aliphatic rings. The van der Waals surface area contributed by atoms with Gasteiger partial charge >= 0.3 is 5.97 Å². The van der Waals surface area contributed by atoms with Crippen molar-refractivity contribution in [2.75, 3.05) is 5.32 Å². The van der Waals surface area contributed by atoms with Gasteiger partial charge in [-0.25, -0.2) is 0 Å². The Morgan fingerprint density at radius 2 is 1.93 bits per heavy atom. The number of carboxylic acids is 1. The lowest BCUT2D eigenvalue weighted by Crippen LogP contribution is -2.13. The molecule has 5 nitrogen and oxygen atoms in total. The highest BCUT2D eigenvalue weighted by molar-refractivity contribution is 5.92. The molecule has 1 heterocycles. The summed E-state index contributed by atoms with van der Waals surface area (Å²) in [4.78, 5) is 25.1. The molecule has 0 unspecified atom stereocenters. The maximum atomic E-state index is 11.1. The quantitative estimate of drug-likeness (QED) is 0.745. The monoisotopic (exact) mass is 194 g/mol. The van der Waals surface area contributed by atoms with Crippen molar-refractivity contribution >= 4 is 17.6 Å². The molecule has 1 aromatic rings. The third kappa shape index (κ3) is 3.66. The van der Waals surface area contributed by atoms with E-state index in [0.717, 1.165) is 0 Å². The highest BCUT2D eigenvalue weighted by atomic mass is 16.4. The van der Waals surface area contributed by atoms with Crippen molar-refractivity contribution in [2.45, 2.75) is 12.8 Å². The van der Waals surface area contributed by atoms with Gasteiger partial charge in [-0.1, -0.05) is 0 Å². The molecule has 0 saturated heterocycles. The first-order valence-corrected chi connectivity index (χ1v) is 4.10. The number of hydrogen-bond donors (Lipinski definition) is 2. The summed E-state index contributed by atoms with van der Waals surface area (Å²) in [5.74, 6) is -1.28. The van der Waals surface area contributed by atoms with Gasteiger partial charge < -0.3 is 10.4 Å². The van der Waals surface area contributed by atoms with Crippen LogP contribution in [0.2, 0.25) is 0 Å². The van der Waals surface area contributed by atoms with Gasteiger partial charge in [-0.15, -0.1) is 0 Å². The van der Waals surface area contributed by atoms with E-state index >= 15 is 0 Å². The van der Waals surface area contributed by atoms with Crippen molar-refractivity contribution in [3.05, 3.63) is 24.5 Å². The highest BCUT2D eigenvalue weighted by Crippen LogP contribution is 2.04. The molecular weight excluding hydrogens is 184 g/mol. The summed E-state index contributed by atoms with van der Waals surface area (Å²) in [6, 6.07) is 3.28. The number of rotatable bonds is 4. The highest BCUT2D eigenvalue weighted by Gasteiger charge is 2.04. The predicted octanol–water partition coefficient (Wildman–Crippen LogP) is 0.885. The molecule has 0 radical (unpaired) electrons. The van der Waals surface area contributed by atoms with Crippen molar-refractivity contribution in [3.8, 4) is 0 Å². The minimum atomic E-state index is -0.977. The van der Waals surface area contributed by atoms with Crippen LogP contribution in [0.3, 0.4) is 0 Å². The largest absolute Gasteiger partial charge is 0.481 e. The summed E-state index contributed by atoms with van der Waals surface area (Å²) in [7, 11) is 0. The van der Waals surface area contributed by atoms with Gasteiger partial charge in [0.25, 0.3) is 0 Å². The van der Waals surface area contributed by atoms with E-state index in [1.807, 2.05) is 0 Å². The van der Waals surface area contributed by atoms with E-state index in [0.29, 0.717) is 5.69 Å². The van der Waals surface area contributed by atoms with Crippen molar-refractivity contribution in [1.29, 1.82) is 0 Å². The van der Waals surface area contributed by atoms with E-state index in [1.165, 1.54) is 0 Å². The zero-order chi connectivity index (χ0) is 10.4. The molecule has 0 bridgehead atoms. The molecule has 74 valence electrons. The molecule has 5 heteroatoms. The number of amides is 1. The number of carbonyl (C=O) groups is 2. The zero-order valence-corrected chi connectivity index (χ0v) is 7.43. The Kier molecular flexibility index (Phi) is 3.60. The summed E-state index contributed by atoms with van der Waals surface area (Å²) in [6.45, 7) is 0. The fourth-order valence-corrected chi connectivity index (χ4v) is 0.879. The predicted molar refractivity (Wildman–Crippen MR) is 49.7 cm³/mol. The van der Waals surface area contributed by atoms with Gasteiger partial charge in [0.2, 0.25) is 5.91 Å². The Labute approximate surface area is 80.8 Å². The first-order valence-electron chi connectivity index (χ1n) is 4.10. The van der Waals surface area contributed by atoms with Crippen molar-refractivity contribution < 1.29 is 14.7 Å². The lowest BCUT2D eigenvalue weighted by Gasteiger charge is -2.02. The number of pyridine rings is 1. The van der Waals surface area contributed by atoms with E-state index in [9.17, 15) is 9.59 Å². The molecule has 2 N–H and O–H groups in total. The molecular formula is C9H10N2O3. The first kappa shape index (κ1) is 10.2. The summed E-state index contributed by atoms with van der Waals surface area (Å²) in [5, 5.41) is 10.9. The molecule has 1 amide bonds. The number of aromatic nitrogens is 1.